The van der Waals surface area contributed by atoms with Crippen LogP contribution in [-0.2, 0) is 28.6 Å². The minimum absolute atomic E-state index is 0.0449. The maximum absolute atomic E-state index is 13.2. The first-order valence-electron chi connectivity index (χ1n) is 11.5. The molecule has 2 atom stereocenters. The standard InChI is InChI=1S/C23H31N5O7S2/c1-5-6-12(14-10-37-21(24)27-14)7-26-15-17(29)28-16(13(8-33-22(25)32)9-36-18(15)28)19(30)34-11-35-20(31)23(2,3)4/h6,10,15,18,26H,5,7-9,11H2,1-4H3,(H2,24,27)(H2,25,32)/b12-6-/t15-,18-/m1/s1. The van der Waals surface area contributed by atoms with Crippen molar-refractivity contribution in [1.82, 2.24) is 15.2 Å². The monoisotopic (exact) mass is 553 g/mol. The number of rotatable bonds is 10. The fourth-order valence-corrected chi connectivity index (χ4v) is 5.53. The second-order valence-electron chi connectivity index (χ2n) is 9.27. The molecule has 0 unspecified atom stereocenters. The normalized spacial score (nSPS) is 19.7. The van der Waals surface area contributed by atoms with Gasteiger partial charge >= 0.3 is 18.0 Å². The maximum Gasteiger partial charge on any atom is 0.404 e. The van der Waals surface area contributed by atoms with E-state index in [1.807, 2.05) is 18.4 Å². The van der Waals surface area contributed by atoms with Crippen LogP contribution in [0.5, 0.6) is 0 Å². The van der Waals surface area contributed by atoms with Crippen LogP contribution in [0.3, 0.4) is 0 Å². The van der Waals surface area contributed by atoms with Crippen molar-refractivity contribution in [3.63, 3.8) is 0 Å². The Morgan fingerprint density at radius 3 is 2.59 bits per heavy atom. The zero-order valence-electron chi connectivity index (χ0n) is 21.1. The van der Waals surface area contributed by atoms with Crippen LogP contribution in [0.1, 0.15) is 39.8 Å². The quantitative estimate of drug-likeness (QED) is 0.219. The third-order valence-corrected chi connectivity index (χ3v) is 7.45. The molecule has 2 aliphatic heterocycles. The molecule has 37 heavy (non-hydrogen) atoms. The number of esters is 2. The second-order valence-corrected chi connectivity index (χ2v) is 11.3. The van der Waals surface area contributed by atoms with Gasteiger partial charge in [-0.3, -0.25) is 19.8 Å². The first kappa shape index (κ1) is 28.5. The Morgan fingerprint density at radius 1 is 1.27 bits per heavy atom. The number of nitrogens with one attached hydrogen (secondary N) is 1. The van der Waals surface area contributed by atoms with E-state index >= 15 is 0 Å². The molecular formula is C23H31N5O7S2. The number of carbonyl (C=O) groups excluding carboxylic acids is 4. The predicted octanol–water partition coefficient (Wildman–Crippen LogP) is 1.83. The molecule has 14 heteroatoms. The number of allylic oxidation sites excluding steroid dienone is 1. The summed E-state index contributed by atoms with van der Waals surface area (Å²) < 4.78 is 15.0. The van der Waals surface area contributed by atoms with Crippen LogP contribution in [0.4, 0.5) is 9.93 Å². The number of hydrogen-bond donors (Lipinski definition) is 3. The number of nitrogens with two attached hydrogens (primary N) is 2. The Hall–Kier alpha value is -3.10. The number of anilines is 1. The fraction of sp³-hybridized carbons (Fsp3) is 0.522. The van der Waals surface area contributed by atoms with Gasteiger partial charge in [-0.2, -0.15) is 0 Å². The van der Waals surface area contributed by atoms with Crippen LogP contribution in [0, 0.1) is 5.41 Å². The largest absolute Gasteiger partial charge is 0.445 e. The van der Waals surface area contributed by atoms with Crippen molar-refractivity contribution in [2.45, 2.75) is 45.5 Å². The number of amides is 2. The van der Waals surface area contributed by atoms with E-state index < -0.39 is 41.7 Å². The van der Waals surface area contributed by atoms with Gasteiger partial charge in [0, 0.05) is 23.3 Å². The van der Waals surface area contributed by atoms with Crippen molar-refractivity contribution < 1.29 is 33.4 Å². The van der Waals surface area contributed by atoms with Gasteiger partial charge in [-0.25, -0.2) is 14.6 Å². The highest BCUT2D eigenvalue weighted by molar-refractivity contribution is 8.00. The molecule has 12 nitrogen and oxygen atoms in total. The molecule has 2 aliphatic rings. The Kier molecular flexibility index (Phi) is 9.21. The van der Waals surface area contributed by atoms with Gasteiger partial charge in [0.1, 0.15) is 23.7 Å². The molecule has 0 aliphatic carbocycles. The Bertz CT molecular complexity index is 1120. The van der Waals surface area contributed by atoms with Gasteiger partial charge in [0.05, 0.1) is 11.1 Å². The van der Waals surface area contributed by atoms with Gasteiger partial charge in [0.15, 0.2) is 5.13 Å². The molecule has 0 bridgehead atoms. The van der Waals surface area contributed by atoms with Crippen LogP contribution in [-0.4, -0.2) is 70.9 Å². The molecule has 0 aromatic carbocycles. The van der Waals surface area contributed by atoms with E-state index in [0.717, 1.165) is 17.7 Å². The van der Waals surface area contributed by atoms with Gasteiger partial charge in [0.25, 0.3) is 0 Å². The Labute approximate surface area is 222 Å². The van der Waals surface area contributed by atoms with Crippen LogP contribution in [0.25, 0.3) is 5.57 Å². The molecule has 1 aromatic heterocycles. The van der Waals surface area contributed by atoms with Crippen LogP contribution < -0.4 is 16.8 Å². The van der Waals surface area contributed by atoms with Gasteiger partial charge < -0.3 is 25.7 Å². The highest BCUT2D eigenvalue weighted by Gasteiger charge is 2.53. The zero-order valence-corrected chi connectivity index (χ0v) is 22.7. The lowest BCUT2D eigenvalue weighted by Gasteiger charge is -2.50. The number of β-lactam (4-membered cyclic amide) rings is 1. The molecule has 3 rings (SSSR count). The molecule has 202 valence electrons. The van der Waals surface area contributed by atoms with Gasteiger partial charge in [0.2, 0.25) is 12.7 Å². The third kappa shape index (κ3) is 6.81. The number of ether oxygens (including phenoxy) is 3. The molecule has 0 spiro atoms. The van der Waals surface area contributed by atoms with Crippen LogP contribution >= 0.6 is 23.1 Å². The highest BCUT2D eigenvalue weighted by atomic mass is 32.2. The molecule has 1 aromatic rings. The minimum atomic E-state index is -1.01. The highest BCUT2D eigenvalue weighted by Crippen LogP contribution is 2.41. The summed E-state index contributed by atoms with van der Waals surface area (Å²) >= 11 is 2.75. The van der Waals surface area contributed by atoms with Crippen LogP contribution in [0.15, 0.2) is 22.7 Å². The number of thioether (sulfide) groups is 1. The number of aromatic nitrogens is 1. The van der Waals surface area contributed by atoms with E-state index in [4.69, 9.17) is 25.7 Å². The predicted molar refractivity (Wildman–Crippen MR) is 139 cm³/mol. The van der Waals surface area contributed by atoms with E-state index in [1.165, 1.54) is 28.0 Å². The van der Waals surface area contributed by atoms with E-state index in [1.54, 1.807) is 20.8 Å². The summed E-state index contributed by atoms with van der Waals surface area (Å²) in [7, 11) is 0. The summed E-state index contributed by atoms with van der Waals surface area (Å²) in [4.78, 5) is 54.9. The van der Waals surface area contributed by atoms with E-state index in [-0.39, 0.29) is 18.2 Å². The Morgan fingerprint density at radius 2 is 2.00 bits per heavy atom. The van der Waals surface area contributed by atoms with Crippen molar-refractivity contribution in [1.29, 1.82) is 0 Å². The SMILES string of the molecule is CC/C=C(/CN[C@@H]1C(=O)N2C(C(=O)OCOC(=O)C(C)(C)C)=C(COC(N)=O)CS[C@H]12)c1csc(N)n1. The molecule has 3 heterocycles. The first-order chi connectivity index (χ1) is 17.4. The topological polar surface area (TPSA) is 176 Å². The van der Waals surface area contributed by atoms with Crippen molar-refractivity contribution in [3.05, 3.63) is 28.4 Å². The van der Waals surface area contributed by atoms with Crippen molar-refractivity contribution >= 4 is 57.7 Å². The van der Waals surface area contributed by atoms with Crippen molar-refractivity contribution in [2.75, 3.05) is 31.4 Å². The number of primary amides is 1. The molecule has 0 radical (unpaired) electrons. The average molecular weight is 554 g/mol. The summed E-state index contributed by atoms with van der Waals surface area (Å²) in [6.07, 6.45) is 1.77. The lowest BCUT2D eigenvalue weighted by Crippen LogP contribution is -2.70. The number of nitrogens with zero attached hydrogens (tertiary/aromatic N) is 2. The fourth-order valence-electron chi connectivity index (χ4n) is 3.59. The molecular weight excluding hydrogens is 522 g/mol. The first-order valence-corrected chi connectivity index (χ1v) is 13.4. The van der Waals surface area contributed by atoms with E-state index in [0.29, 0.717) is 23.0 Å². The number of fused-ring (bicyclic) bond motifs is 1. The van der Waals surface area contributed by atoms with Crippen molar-refractivity contribution in [3.8, 4) is 0 Å². The molecule has 5 N–H and O–H groups in total. The molecule has 1 fully saturated rings. The third-order valence-electron chi connectivity index (χ3n) is 5.44. The summed E-state index contributed by atoms with van der Waals surface area (Å²) in [5.41, 5.74) is 12.0. The Balaban J connectivity index is 1.72. The summed E-state index contributed by atoms with van der Waals surface area (Å²) in [5.74, 6) is -1.47. The lowest BCUT2D eigenvalue weighted by atomic mass is 9.98. The van der Waals surface area contributed by atoms with Gasteiger partial charge in [-0.05, 0) is 32.8 Å². The van der Waals surface area contributed by atoms with Gasteiger partial charge in [-0.15, -0.1) is 23.1 Å². The summed E-state index contributed by atoms with van der Waals surface area (Å²) in [5, 5.41) is 5.17. The number of hydrogen-bond acceptors (Lipinski definition) is 12. The average Bonchev–Trinajstić information content (AvgIpc) is 3.26. The molecule has 0 saturated carbocycles. The molecule has 1 saturated heterocycles. The zero-order chi connectivity index (χ0) is 27.3. The number of carbonyl (C=O) groups is 4. The minimum Gasteiger partial charge on any atom is -0.445 e. The number of thiazole rings is 1. The lowest BCUT2D eigenvalue weighted by molar-refractivity contribution is -0.173. The van der Waals surface area contributed by atoms with Gasteiger partial charge in [-0.1, -0.05) is 13.0 Å². The molecule has 2 amide bonds. The summed E-state index contributed by atoms with van der Waals surface area (Å²) in [6.45, 7) is 6.47. The van der Waals surface area contributed by atoms with Crippen LogP contribution in [0.2, 0.25) is 0 Å². The maximum atomic E-state index is 13.2. The van der Waals surface area contributed by atoms with E-state index in [2.05, 4.69) is 10.3 Å². The van der Waals surface area contributed by atoms with Crippen molar-refractivity contribution in [2.24, 2.45) is 11.1 Å². The number of nitrogen functional groups attached to an aromatic ring is 1. The second kappa shape index (κ2) is 12.0. The van der Waals surface area contributed by atoms with E-state index in [9.17, 15) is 19.2 Å². The smallest absolute Gasteiger partial charge is 0.404 e. The summed E-state index contributed by atoms with van der Waals surface area (Å²) in [6, 6.07) is -0.568.